The minimum Gasteiger partial charge on any atom is -0.463 e. The summed E-state index contributed by atoms with van der Waals surface area (Å²) in [5, 5.41) is 5.31. The van der Waals surface area contributed by atoms with E-state index in [4.69, 9.17) is 4.74 Å². The van der Waals surface area contributed by atoms with Crippen molar-refractivity contribution in [2.24, 2.45) is 9.98 Å². The number of likely N-dealkylation sites (tertiary alicyclic amines) is 1. The molecule has 0 saturated carbocycles. The zero-order valence-electron chi connectivity index (χ0n) is 14.3. The molecule has 0 aromatic heterocycles. The standard InChI is InChI=1S/C16H22F2N4O2S/c1-4-24-15(23)11-8-20-13(14(19-3)25-5-2)21-12(11)9-22-7-6-16(17,18)10-22/h5H,2,4,6-10H2,1,3H3,(H,20,21). The van der Waals surface area contributed by atoms with Gasteiger partial charge in [0.25, 0.3) is 5.92 Å². The van der Waals surface area contributed by atoms with Crippen molar-refractivity contribution in [2.45, 2.75) is 19.3 Å². The summed E-state index contributed by atoms with van der Waals surface area (Å²) in [5.41, 5.74) is 0.895. The molecule has 0 aliphatic carbocycles. The third-order valence-corrected chi connectivity index (χ3v) is 4.55. The molecule has 9 heteroatoms. The van der Waals surface area contributed by atoms with Crippen LogP contribution in [-0.2, 0) is 9.53 Å². The number of amidine groups is 1. The summed E-state index contributed by atoms with van der Waals surface area (Å²) < 4.78 is 32.0. The van der Waals surface area contributed by atoms with Crippen LogP contribution in [0.25, 0.3) is 0 Å². The van der Waals surface area contributed by atoms with Gasteiger partial charge in [-0.2, -0.15) is 0 Å². The van der Waals surface area contributed by atoms with Gasteiger partial charge in [0, 0.05) is 32.3 Å². The molecule has 1 saturated heterocycles. The first kappa shape index (κ1) is 19.6. The van der Waals surface area contributed by atoms with Gasteiger partial charge in [0.1, 0.15) is 5.04 Å². The van der Waals surface area contributed by atoms with Crippen molar-refractivity contribution >= 4 is 28.6 Å². The Hall–Kier alpha value is -1.74. The molecule has 0 unspecified atom stereocenters. The van der Waals surface area contributed by atoms with Gasteiger partial charge in [-0.3, -0.25) is 14.9 Å². The predicted octanol–water partition coefficient (Wildman–Crippen LogP) is 2.05. The average molecular weight is 372 g/mol. The number of hydrogen-bond acceptors (Lipinski definition) is 7. The molecule has 0 atom stereocenters. The first-order valence-electron chi connectivity index (χ1n) is 7.95. The molecular formula is C16H22F2N4O2S. The number of carbonyl (C=O) groups excluding carboxylic acids is 1. The summed E-state index contributed by atoms with van der Waals surface area (Å²) in [6.07, 6.45) is -0.177. The molecule has 0 amide bonds. The summed E-state index contributed by atoms with van der Waals surface area (Å²) in [6, 6.07) is 0. The summed E-state index contributed by atoms with van der Waals surface area (Å²) in [6.45, 7) is 5.89. The van der Waals surface area contributed by atoms with E-state index in [1.54, 1.807) is 24.3 Å². The fourth-order valence-electron chi connectivity index (χ4n) is 2.63. The maximum atomic E-state index is 13.5. The Bertz CT molecular complexity index is 632. The molecule has 2 aliphatic rings. The highest BCUT2D eigenvalue weighted by Gasteiger charge is 2.39. The first-order chi connectivity index (χ1) is 11.9. The lowest BCUT2D eigenvalue weighted by Gasteiger charge is -2.25. The van der Waals surface area contributed by atoms with Gasteiger partial charge in [0.2, 0.25) is 0 Å². The number of aliphatic imine (C=N–C) groups is 2. The van der Waals surface area contributed by atoms with E-state index in [1.165, 1.54) is 11.8 Å². The molecule has 1 fully saturated rings. The monoisotopic (exact) mass is 372 g/mol. The zero-order valence-corrected chi connectivity index (χ0v) is 15.2. The van der Waals surface area contributed by atoms with Crippen LogP contribution in [0.1, 0.15) is 13.3 Å². The van der Waals surface area contributed by atoms with Crippen LogP contribution < -0.4 is 5.32 Å². The van der Waals surface area contributed by atoms with Crippen LogP contribution in [0.5, 0.6) is 0 Å². The van der Waals surface area contributed by atoms with Crippen LogP contribution in [0.4, 0.5) is 8.78 Å². The second-order valence-electron chi connectivity index (χ2n) is 5.60. The van der Waals surface area contributed by atoms with Gasteiger partial charge in [0.05, 0.1) is 25.3 Å². The van der Waals surface area contributed by atoms with Crippen molar-refractivity contribution < 1.29 is 18.3 Å². The third-order valence-electron chi connectivity index (χ3n) is 3.78. The van der Waals surface area contributed by atoms with E-state index >= 15 is 0 Å². The third kappa shape index (κ3) is 5.12. The fraction of sp³-hybridized carbons (Fsp3) is 0.562. The maximum Gasteiger partial charge on any atom is 0.337 e. The van der Waals surface area contributed by atoms with Crippen molar-refractivity contribution in [1.29, 1.82) is 0 Å². The normalized spacial score (nSPS) is 21.0. The number of halogens is 2. The van der Waals surface area contributed by atoms with E-state index in [0.29, 0.717) is 22.1 Å². The Morgan fingerprint density at radius 3 is 2.92 bits per heavy atom. The number of rotatable bonds is 6. The first-order valence-corrected chi connectivity index (χ1v) is 8.83. The minimum absolute atomic E-state index is 0.122. The number of carbonyl (C=O) groups is 1. The number of hydrogen-bond donors (Lipinski definition) is 1. The van der Waals surface area contributed by atoms with Crippen LogP contribution in [0, 0.1) is 0 Å². The number of ether oxygens (including phenoxy) is 1. The SMILES string of the molecule is C=CSC(=NC)C1=NCC(C(=O)OCC)=C(CN2CCC(F)(F)C2)N1. The van der Waals surface area contributed by atoms with E-state index < -0.39 is 11.9 Å². The molecule has 6 nitrogen and oxygen atoms in total. The Morgan fingerprint density at radius 2 is 2.36 bits per heavy atom. The number of thioether (sulfide) groups is 1. The molecule has 2 aliphatic heterocycles. The van der Waals surface area contributed by atoms with Gasteiger partial charge in [-0.05, 0) is 12.3 Å². The van der Waals surface area contributed by atoms with Crippen molar-refractivity contribution in [2.75, 3.05) is 39.8 Å². The lowest BCUT2D eigenvalue weighted by atomic mass is 10.1. The summed E-state index contributed by atoms with van der Waals surface area (Å²) in [5.74, 6) is -2.67. The smallest absolute Gasteiger partial charge is 0.337 e. The quantitative estimate of drug-likeness (QED) is 0.439. The molecule has 2 heterocycles. The molecule has 0 bridgehead atoms. The number of nitrogens with one attached hydrogen (secondary N) is 1. The van der Waals surface area contributed by atoms with E-state index in [0.717, 1.165) is 0 Å². The van der Waals surface area contributed by atoms with Gasteiger partial charge in [-0.15, -0.1) is 0 Å². The Kier molecular flexibility index (Phi) is 6.71. The number of esters is 1. The van der Waals surface area contributed by atoms with Gasteiger partial charge in [-0.1, -0.05) is 18.3 Å². The molecule has 0 aromatic rings. The number of alkyl halides is 2. The van der Waals surface area contributed by atoms with E-state index in [9.17, 15) is 13.6 Å². The average Bonchev–Trinajstić information content (AvgIpc) is 2.91. The van der Waals surface area contributed by atoms with Gasteiger partial charge >= 0.3 is 5.97 Å². The fourth-order valence-corrected chi connectivity index (χ4v) is 3.12. The van der Waals surface area contributed by atoms with Crippen molar-refractivity contribution in [3.05, 3.63) is 23.3 Å². The highest BCUT2D eigenvalue weighted by Crippen LogP contribution is 2.27. The highest BCUT2D eigenvalue weighted by atomic mass is 32.2. The van der Waals surface area contributed by atoms with Crippen LogP contribution in [0.15, 0.2) is 33.2 Å². The van der Waals surface area contributed by atoms with Crippen molar-refractivity contribution in [3.63, 3.8) is 0 Å². The second-order valence-corrected chi connectivity index (χ2v) is 6.55. The van der Waals surface area contributed by atoms with Crippen molar-refractivity contribution in [1.82, 2.24) is 10.2 Å². The van der Waals surface area contributed by atoms with Crippen LogP contribution in [0.3, 0.4) is 0 Å². The van der Waals surface area contributed by atoms with Gasteiger partial charge in [0.15, 0.2) is 5.84 Å². The topological polar surface area (TPSA) is 66.3 Å². The molecule has 0 radical (unpaired) electrons. The van der Waals surface area contributed by atoms with Gasteiger partial charge < -0.3 is 10.1 Å². The molecule has 0 aromatic carbocycles. The number of nitrogens with zero attached hydrogens (tertiary/aromatic N) is 3. The van der Waals surface area contributed by atoms with Crippen molar-refractivity contribution in [3.8, 4) is 0 Å². The molecule has 2 rings (SSSR count). The summed E-state index contributed by atoms with van der Waals surface area (Å²) in [4.78, 5) is 22.3. The Balaban J connectivity index is 2.20. The summed E-state index contributed by atoms with van der Waals surface area (Å²) in [7, 11) is 1.63. The summed E-state index contributed by atoms with van der Waals surface area (Å²) >= 11 is 1.30. The van der Waals surface area contributed by atoms with Crippen LogP contribution >= 0.6 is 11.8 Å². The van der Waals surface area contributed by atoms with Gasteiger partial charge in [-0.25, -0.2) is 13.6 Å². The molecule has 25 heavy (non-hydrogen) atoms. The Labute approximate surface area is 150 Å². The van der Waals surface area contributed by atoms with E-state index in [-0.39, 0.29) is 39.2 Å². The lowest BCUT2D eigenvalue weighted by Crippen LogP contribution is -2.40. The van der Waals surface area contributed by atoms with Crippen LogP contribution in [-0.4, -0.2) is 67.5 Å². The van der Waals surface area contributed by atoms with E-state index in [1.807, 2.05) is 0 Å². The minimum atomic E-state index is -2.69. The molecular weight excluding hydrogens is 350 g/mol. The molecule has 0 spiro atoms. The highest BCUT2D eigenvalue weighted by molar-refractivity contribution is 8.18. The van der Waals surface area contributed by atoms with E-state index in [2.05, 4.69) is 21.9 Å². The predicted molar refractivity (Wildman–Crippen MR) is 96.2 cm³/mol. The lowest BCUT2D eigenvalue weighted by molar-refractivity contribution is -0.138. The zero-order chi connectivity index (χ0) is 18.4. The maximum absolute atomic E-state index is 13.5. The Morgan fingerprint density at radius 1 is 1.60 bits per heavy atom. The molecule has 1 N–H and O–H groups in total. The second kappa shape index (κ2) is 8.57. The molecule has 138 valence electrons. The van der Waals surface area contributed by atoms with Crippen LogP contribution in [0.2, 0.25) is 0 Å². The largest absolute Gasteiger partial charge is 0.463 e.